The summed E-state index contributed by atoms with van der Waals surface area (Å²) >= 11 is 1.49. The number of carbonyl (C=O) groups excluding carboxylic acids is 1. The van der Waals surface area contributed by atoms with Crippen molar-refractivity contribution in [2.45, 2.75) is 12.4 Å². The van der Waals surface area contributed by atoms with Gasteiger partial charge in [-0.2, -0.15) is 0 Å². The number of aromatic nitrogens is 1. The Morgan fingerprint density at radius 1 is 1.12 bits per heavy atom. The summed E-state index contributed by atoms with van der Waals surface area (Å²) in [6.07, 6.45) is 1.17. The molecule has 0 saturated heterocycles. The van der Waals surface area contributed by atoms with E-state index in [-0.39, 0.29) is 12.4 Å². The monoisotopic (exact) mass is 361 g/mol. The predicted molar refractivity (Wildman–Crippen MR) is 93.7 cm³/mol. The summed E-state index contributed by atoms with van der Waals surface area (Å²) in [6.45, 7) is 0.114. The SMILES string of the molecule is CS(=O)(=O)Cc1ccc(C(=O)OCc2nc3ccccc3s2)cc1. The van der Waals surface area contributed by atoms with Gasteiger partial charge >= 0.3 is 5.97 Å². The Balaban J connectivity index is 1.64. The van der Waals surface area contributed by atoms with Crippen molar-refractivity contribution in [1.29, 1.82) is 0 Å². The summed E-state index contributed by atoms with van der Waals surface area (Å²) < 4.78 is 28.8. The smallest absolute Gasteiger partial charge is 0.338 e. The Morgan fingerprint density at radius 3 is 2.50 bits per heavy atom. The van der Waals surface area contributed by atoms with Gasteiger partial charge in [0.05, 0.1) is 21.5 Å². The number of nitrogens with zero attached hydrogens (tertiary/aromatic N) is 1. The molecule has 3 rings (SSSR count). The molecule has 0 unspecified atom stereocenters. The summed E-state index contributed by atoms with van der Waals surface area (Å²) in [6, 6.07) is 14.1. The number of rotatable bonds is 5. The van der Waals surface area contributed by atoms with Crippen LogP contribution in [0, 0.1) is 0 Å². The summed E-state index contributed by atoms with van der Waals surface area (Å²) in [5.74, 6) is -0.506. The zero-order chi connectivity index (χ0) is 17.2. The van der Waals surface area contributed by atoms with Crippen molar-refractivity contribution in [3.8, 4) is 0 Å². The molecular weight excluding hydrogens is 346 g/mol. The van der Waals surface area contributed by atoms with Crippen LogP contribution in [-0.4, -0.2) is 25.6 Å². The highest BCUT2D eigenvalue weighted by atomic mass is 32.2. The number of thiazole rings is 1. The third kappa shape index (κ3) is 4.18. The average Bonchev–Trinajstić information content (AvgIpc) is 2.94. The summed E-state index contributed by atoms with van der Waals surface area (Å²) in [5.41, 5.74) is 1.91. The van der Waals surface area contributed by atoms with Crippen LogP contribution in [0.5, 0.6) is 0 Å². The van der Waals surface area contributed by atoms with Crippen LogP contribution < -0.4 is 0 Å². The Morgan fingerprint density at radius 2 is 1.83 bits per heavy atom. The molecule has 24 heavy (non-hydrogen) atoms. The van der Waals surface area contributed by atoms with Gasteiger partial charge in [0.1, 0.15) is 11.6 Å². The van der Waals surface area contributed by atoms with Crippen LogP contribution in [0.2, 0.25) is 0 Å². The van der Waals surface area contributed by atoms with Gasteiger partial charge in [-0.05, 0) is 29.8 Å². The molecule has 0 aliphatic heterocycles. The van der Waals surface area contributed by atoms with Gasteiger partial charge in [-0.25, -0.2) is 18.2 Å². The number of esters is 1. The predicted octanol–water partition coefficient (Wildman–Crippen LogP) is 3.20. The molecule has 2 aromatic carbocycles. The molecule has 0 N–H and O–H groups in total. The van der Waals surface area contributed by atoms with E-state index >= 15 is 0 Å². The van der Waals surface area contributed by atoms with Crippen LogP contribution in [0.4, 0.5) is 0 Å². The van der Waals surface area contributed by atoms with E-state index in [1.54, 1.807) is 24.3 Å². The Kier molecular flexibility index (Phi) is 4.64. The molecule has 7 heteroatoms. The summed E-state index contributed by atoms with van der Waals surface area (Å²) in [4.78, 5) is 16.5. The number of para-hydroxylation sites is 1. The number of hydrogen-bond acceptors (Lipinski definition) is 6. The molecule has 0 aliphatic carbocycles. The van der Waals surface area contributed by atoms with Crippen molar-refractivity contribution in [2.24, 2.45) is 0 Å². The van der Waals surface area contributed by atoms with Gasteiger partial charge in [0.15, 0.2) is 9.84 Å². The number of hydrogen-bond donors (Lipinski definition) is 0. The summed E-state index contributed by atoms with van der Waals surface area (Å²) in [5, 5.41) is 0.734. The van der Waals surface area contributed by atoms with Crippen LogP contribution in [0.1, 0.15) is 20.9 Å². The zero-order valence-electron chi connectivity index (χ0n) is 12.9. The Hall–Kier alpha value is -2.25. The molecule has 3 aromatic rings. The van der Waals surface area contributed by atoms with Gasteiger partial charge in [-0.15, -0.1) is 11.3 Å². The maximum Gasteiger partial charge on any atom is 0.338 e. The molecule has 0 atom stereocenters. The molecule has 0 aliphatic rings. The highest BCUT2D eigenvalue weighted by Crippen LogP contribution is 2.22. The minimum Gasteiger partial charge on any atom is -0.455 e. The quantitative estimate of drug-likeness (QED) is 0.653. The Labute approximate surface area is 143 Å². The lowest BCUT2D eigenvalue weighted by molar-refractivity contribution is 0.0472. The second kappa shape index (κ2) is 6.70. The van der Waals surface area contributed by atoms with Crippen LogP contribution >= 0.6 is 11.3 Å². The van der Waals surface area contributed by atoms with Gasteiger partial charge in [0.25, 0.3) is 0 Å². The number of benzene rings is 2. The fraction of sp³-hybridized carbons (Fsp3) is 0.176. The standard InChI is InChI=1S/C17H15NO4S2/c1-24(20,21)11-12-6-8-13(9-7-12)17(19)22-10-16-18-14-4-2-3-5-15(14)23-16/h2-9H,10-11H2,1H3. The lowest BCUT2D eigenvalue weighted by Gasteiger charge is -2.04. The van der Waals surface area contributed by atoms with Crippen molar-refractivity contribution in [2.75, 3.05) is 6.26 Å². The van der Waals surface area contributed by atoms with Gasteiger partial charge in [-0.1, -0.05) is 24.3 Å². The fourth-order valence-corrected chi connectivity index (χ4v) is 3.91. The van der Waals surface area contributed by atoms with Crippen molar-refractivity contribution in [3.63, 3.8) is 0 Å². The maximum atomic E-state index is 12.1. The largest absolute Gasteiger partial charge is 0.455 e. The molecule has 0 spiro atoms. The first-order valence-electron chi connectivity index (χ1n) is 7.19. The first-order valence-corrected chi connectivity index (χ1v) is 10.1. The molecule has 124 valence electrons. The second-order valence-electron chi connectivity index (χ2n) is 5.42. The van der Waals surface area contributed by atoms with Crippen molar-refractivity contribution < 1.29 is 17.9 Å². The van der Waals surface area contributed by atoms with Crippen LogP contribution in [0.3, 0.4) is 0 Å². The van der Waals surface area contributed by atoms with Gasteiger partial charge in [0, 0.05) is 6.26 Å². The van der Waals surface area contributed by atoms with E-state index in [9.17, 15) is 13.2 Å². The lowest BCUT2D eigenvalue weighted by atomic mass is 10.1. The number of ether oxygens (including phenoxy) is 1. The van der Waals surface area contributed by atoms with Crippen molar-refractivity contribution in [1.82, 2.24) is 4.98 Å². The topological polar surface area (TPSA) is 73.3 Å². The fourth-order valence-electron chi connectivity index (χ4n) is 2.23. The summed E-state index contributed by atoms with van der Waals surface area (Å²) in [7, 11) is -3.09. The molecule has 0 fully saturated rings. The van der Waals surface area contributed by atoms with Crippen LogP contribution in [-0.2, 0) is 26.9 Å². The molecule has 0 saturated carbocycles. The minimum atomic E-state index is -3.09. The molecular formula is C17H15NO4S2. The Bertz CT molecular complexity index is 942. The number of sulfone groups is 1. The van der Waals surface area contributed by atoms with Crippen molar-refractivity contribution >= 4 is 37.4 Å². The minimum absolute atomic E-state index is 0.0476. The van der Waals surface area contributed by atoms with E-state index in [2.05, 4.69) is 4.98 Å². The van der Waals surface area contributed by atoms with Gasteiger partial charge in [-0.3, -0.25) is 0 Å². The molecule has 0 amide bonds. The molecule has 1 aromatic heterocycles. The van der Waals surface area contributed by atoms with Crippen LogP contribution in [0.15, 0.2) is 48.5 Å². The van der Waals surface area contributed by atoms with Crippen LogP contribution in [0.25, 0.3) is 10.2 Å². The van der Waals surface area contributed by atoms with E-state index in [1.807, 2.05) is 24.3 Å². The zero-order valence-corrected chi connectivity index (χ0v) is 14.6. The first kappa shape index (κ1) is 16.6. The first-order chi connectivity index (χ1) is 11.4. The van der Waals surface area contributed by atoms with E-state index in [0.717, 1.165) is 15.2 Å². The second-order valence-corrected chi connectivity index (χ2v) is 8.67. The number of fused-ring (bicyclic) bond motifs is 1. The molecule has 0 bridgehead atoms. The highest BCUT2D eigenvalue weighted by molar-refractivity contribution is 7.89. The third-order valence-electron chi connectivity index (χ3n) is 3.28. The van der Waals surface area contributed by atoms with Gasteiger partial charge < -0.3 is 4.74 Å². The maximum absolute atomic E-state index is 12.1. The van der Waals surface area contributed by atoms with E-state index < -0.39 is 15.8 Å². The van der Waals surface area contributed by atoms with Gasteiger partial charge in [0.2, 0.25) is 0 Å². The van der Waals surface area contributed by atoms with E-state index in [0.29, 0.717) is 11.1 Å². The number of carbonyl (C=O) groups is 1. The normalized spacial score (nSPS) is 11.5. The molecule has 5 nitrogen and oxygen atoms in total. The highest BCUT2D eigenvalue weighted by Gasteiger charge is 2.11. The molecule has 1 heterocycles. The van der Waals surface area contributed by atoms with Crippen molar-refractivity contribution in [3.05, 3.63) is 64.7 Å². The molecule has 0 radical (unpaired) electrons. The third-order valence-corrected chi connectivity index (χ3v) is 5.15. The van der Waals surface area contributed by atoms with E-state index in [1.165, 1.54) is 17.6 Å². The lowest BCUT2D eigenvalue weighted by Crippen LogP contribution is -2.06. The van der Waals surface area contributed by atoms with E-state index in [4.69, 9.17) is 4.74 Å². The average molecular weight is 361 g/mol.